The second kappa shape index (κ2) is 6.78. The summed E-state index contributed by atoms with van der Waals surface area (Å²) < 4.78 is 5.41. The number of nitrogens with zero attached hydrogens (tertiary/aromatic N) is 1. The van der Waals surface area contributed by atoms with E-state index in [0.29, 0.717) is 5.56 Å². The van der Waals surface area contributed by atoms with Crippen molar-refractivity contribution in [1.29, 1.82) is 0 Å². The van der Waals surface area contributed by atoms with E-state index in [2.05, 4.69) is 15.3 Å². The van der Waals surface area contributed by atoms with Crippen LogP contribution in [0.2, 0.25) is 0 Å². The lowest BCUT2D eigenvalue weighted by molar-refractivity contribution is 0.0134. The van der Waals surface area contributed by atoms with Gasteiger partial charge in [0.05, 0.1) is 5.56 Å². The Hall–Kier alpha value is -2.51. The van der Waals surface area contributed by atoms with Crippen molar-refractivity contribution < 1.29 is 14.3 Å². The van der Waals surface area contributed by atoms with Gasteiger partial charge in [-0.25, -0.2) is 9.78 Å². The first-order valence-corrected chi connectivity index (χ1v) is 9.11. The highest BCUT2D eigenvalue weighted by atomic mass is 32.1. The van der Waals surface area contributed by atoms with Gasteiger partial charge < -0.3 is 9.72 Å². The zero-order valence-electron chi connectivity index (χ0n) is 13.5. The van der Waals surface area contributed by atoms with Crippen LogP contribution in [0.4, 0.5) is 0 Å². The number of H-pyrrole nitrogens is 1. The molecule has 1 unspecified atom stereocenters. The minimum atomic E-state index is -0.492. The molecule has 2 N–H and O–H groups in total. The van der Waals surface area contributed by atoms with Crippen molar-refractivity contribution in [3.63, 3.8) is 0 Å². The number of esters is 1. The summed E-state index contributed by atoms with van der Waals surface area (Å²) in [5.74, 6) is -0.689. The first-order chi connectivity index (χ1) is 12.2. The third-order valence-electron chi connectivity index (χ3n) is 4.26. The minimum Gasteiger partial charge on any atom is -0.442 e. The number of thiazole rings is 1. The maximum atomic E-state index is 12.7. The normalized spacial score (nSPS) is 17.5. The number of para-hydroxylation sites is 1. The maximum Gasteiger partial charge on any atom is 0.359 e. The molecule has 0 saturated carbocycles. The van der Waals surface area contributed by atoms with E-state index in [4.69, 9.17) is 4.74 Å². The van der Waals surface area contributed by atoms with E-state index < -0.39 is 5.97 Å². The SMILES string of the molecule is O=C(OC1CCCCN1)c1csc(C(=O)c2c[nH]c3ccccc23)n1. The average molecular weight is 355 g/mol. The van der Waals surface area contributed by atoms with Gasteiger partial charge >= 0.3 is 5.97 Å². The molecule has 4 rings (SSSR count). The number of benzene rings is 1. The smallest absolute Gasteiger partial charge is 0.359 e. The fourth-order valence-electron chi connectivity index (χ4n) is 2.96. The fourth-order valence-corrected chi connectivity index (χ4v) is 3.70. The Morgan fingerprint density at radius 3 is 2.96 bits per heavy atom. The number of piperidine rings is 1. The van der Waals surface area contributed by atoms with Gasteiger partial charge in [0.1, 0.15) is 0 Å². The van der Waals surface area contributed by atoms with Crippen molar-refractivity contribution in [2.75, 3.05) is 6.54 Å². The summed E-state index contributed by atoms with van der Waals surface area (Å²) in [5.41, 5.74) is 1.63. The minimum absolute atomic E-state index is 0.181. The number of carbonyl (C=O) groups is 2. The van der Waals surface area contributed by atoms with E-state index in [1.165, 1.54) is 0 Å². The first-order valence-electron chi connectivity index (χ1n) is 8.23. The molecule has 25 heavy (non-hydrogen) atoms. The molecule has 1 fully saturated rings. The maximum absolute atomic E-state index is 12.7. The van der Waals surface area contributed by atoms with Crippen LogP contribution in [-0.2, 0) is 4.74 Å². The molecule has 1 aliphatic heterocycles. The van der Waals surface area contributed by atoms with Crippen LogP contribution in [0, 0.1) is 0 Å². The van der Waals surface area contributed by atoms with Crippen LogP contribution in [0.15, 0.2) is 35.8 Å². The molecule has 2 aromatic heterocycles. The zero-order chi connectivity index (χ0) is 17.2. The van der Waals surface area contributed by atoms with Gasteiger partial charge in [-0.05, 0) is 31.9 Å². The highest BCUT2D eigenvalue weighted by Crippen LogP contribution is 2.23. The van der Waals surface area contributed by atoms with Crippen LogP contribution in [0.5, 0.6) is 0 Å². The number of ketones is 1. The summed E-state index contributed by atoms with van der Waals surface area (Å²) in [6.07, 6.45) is 4.34. The van der Waals surface area contributed by atoms with E-state index in [1.54, 1.807) is 11.6 Å². The van der Waals surface area contributed by atoms with Gasteiger partial charge in [-0.15, -0.1) is 11.3 Å². The Balaban J connectivity index is 1.52. The van der Waals surface area contributed by atoms with Crippen molar-refractivity contribution in [3.8, 4) is 0 Å². The largest absolute Gasteiger partial charge is 0.442 e. The predicted octanol–water partition coefficient (Wildman–Crippen LogP) is 3.11. The van der Waals surface area contributed by atoms with Crippen LogP contribution < -0.4 is 5.32 Å². The van der Waals surface area contributed by atoms with Crippen LogP contribution in [0.3, 0.4) is 0 Å². The highest BCUT2D eigenvalue weighted by Gasteiger charge is 2.23. The predicted molar refractivity (Wildman–Crippen MR) is 94.9 cm³/mol. The molecule has 0 aliphatic carbocycles. The van der Waals surface area contributed by atoms with Crippen molar-refractivity contribution in [1.82, 2.24) is 15.3 Å². The third kappa shape index (κ3) is 3.20. The lowest BCUT2D eigenvalue weighted by Gasteiger charge is -2.22. The first kappa shape index (κ1) is 16.0. The summed E-state index contributed by atoms with van der Waals surface area (Å²) in [6.45, 7) is 0.847. The molecule has 128 valence electrons. The molecule has 1 saturated heterocycles. The van der Waals surface area contributed by atoms with Crippen LogP contribution in [-0.4, -0.2) is 34.5 Å². The van der Waals surface area contributed by atoms with Gasteiger partial charge in [-0.2, -0.15) is 0 Å². The second-order valence-electron chi connectivity index (χ2n) is 5.96. The number of aromatic nitrogens is 2. The molecule has 3 heterocycles. The quantitative estimate of drug-likeness (QED) is 0.555. The highest BCUT2D eigenvalue weighted by molar-refractivity contribution is 7.12. The van der Waals surface area contributed by atoms with Crippen molar-refractivity contribution in [2.45, 2.75) is 25.5 Å². The van der Waals surface area contributed by atoms with E-state index in [1.807, 2.05) is 24.3 Å². The van der Waals surface area contributed by atoms with Crippen LogP contribution in [0.1, 0.15) is 45.1 Å². The average Bonchev–Trinajstić information content (AvgIpc) is 3.29. The molecule has 7 heteroatoms. The Labute approximate surface area is 148 Å². The molecular formula is C18H17N3O3S. The number of ether oxygens (including phenoxy) is 1. The van der Waals surface area contributed by atoms with Crippen molar-refractivity contribution in [3.05, 3.63) is 52.1 Å². The van der Waals surface area contributed by atoms with E-state index in [0.717, 1.165) is 48.0 Å². The number of carbonyl (C=O) groups excluding carboxylic acids is 2. The fraction of sp³-hybridized carbons (Fsp3) is 0.278. The lowest BCUT2D eigenvalue weighted by atomic mass is 10.1. The molecule has 3 aromatic rings. The second-order valence-corrected chi connectivity index (χ2v) is 6.82. The van der Waals surface area contributed by atoms with Crippen molar-refractivity contribution >= 4 is 34.0 Å². The Morgan fingerprint density at radius 1 is 1.24 bits per heavy atom. The van der Waals surface area contributed by atoms with Gasteiger partial charge in [0.15, 0.2) is 16.9 Å². The Bertz CT molecular complexity index is 924. The number of fused-ring (bicyclic) bond motifs is 1. The molecule has 1 aliphatic rings. The van der Waals surface area contributed by atoms with Gasteiger partial charge in [0.25, 0.3) is 0 Å². The summed E-state index contributed by atoms with van der Waals surface area (Å²) in [4.78, 5) is 32.2. The van der Waals surface area contributed by atoms with Crippen LogP contribution in [0.25, 0.3) is 10.9 Å². The molecule has 0 amide bonds. The number of hydrogen-bond acceptors (Lipinski definition) is 6. The number of rotatable bonds is 4. The van der Waals surface area contributed by atoms with E-state index in [9.17, 15) is 9.59 Å². The third-order valence-corrected chi connectivity index (χ3v) is 5.10. The zero-order valence-corrected chi connectivity index (χ0v) is 14.3. The summed E-state index contributed by atoms with van der Waals surface area (Å²) in [5, 5.41) is 5.86. The standard InChI is InChI=1S/C18H17N3O3S/c22-16(12-9-20-13-6-2-1-5-11(12)13)17-21-14(10-25-17)18(23)24-15-7-3-4-8-19-15/h1-2,5-6,9-10,15,19-20H,3-4,7-8H2. The summed E-state index contributed by atoms with van der Waals surface area (Å²) >= 11 is 1.16. The molecule has 0 spiro atoms. The molecule has 6 nitrogen and oxygen atoms in total. The van der Waals surface area contributed by atoms with E-state index >= 15 is 0 Å². The number of nitrogens with one attached hydrogen (secondary N) is 2. The summed E-state index contributed by atoms with van der Waals surface area (Å²) in [6, 6.07) is 7.59. The molecule has 1 atom stereocenters. The van der Waals surface area contributed by atoms with E-state index in [-0.39, 0.29) is 22.7 Å². The number of hydrogen-bond donors (Lipinski definition) is 2. The molecule has 0 radical (unpaired) electrons. The van der Waals surface area contributed by atoms with Crippen LogP contribution >= 0.6 is 11.3 Å². The lowest BCUT2D eigenvalue weighted by Crippen LogP contribution is -2.37. The van der Waals surface area contributed by atoms with Gasteiger partial charge in [0, 0.05) is 22.5 Å². The topological polar surface area (TPSA) is 84.1 Å². The van der Waals surface area contributed by atoms with Gasteiger partial charge in [-0.3, -0.25) is 10.1 Å². The molecule has 1 aromatic carbocycles. The number of aromatic amines is 1. The monoisotopic (exact) mass is 355 g/mol. The van der Waals surface area contributed by atoms with Crippen molar-refractivity contribution in [2.24, 2.45) is 0 Å². The Kier molecular flexibility index (Phi) is 4.33. The summed E-state index contributed by atoms with van der Waals surface area (Å²) in [7, 11) is 0. The van der Waals surface area contributed by atoms with Gasteiger partial charge in [0.2, 0.25) is 5.78 Å². The molecule has 0 bridgehead atoms. The van der Waals surface area contributed by atoms with Gasteiger partial charge in [-0.1, -0.05) is 18.2 Å². The molecular weight excluding hydrogens is 338 g/mol. The Morgan fingerprint density at radius 2 is 2.12 bits per heavy atom.